The average molecular weight is 449 g/mol. The quantitative estimate of drug-likeness (QED) is 0.630. The van der Waals surface area contributed by atoms with Crippen LogP contribution >= 0.6 is 0 Å². The van der Waals surface area contributed by atoms with Crippen LogP contribution in [0.15, 0.2) is 9.42 Å². The molecule has 0 N–H and O–H groups in total. The van der Waals surface area contributed by atoms with Gasteiger partial charge in [-0.05, 0) is 32.6 Å². The van der Waals surface area contributed by atoms with E-state index in [9.17, 15) is 21.6 Å². The van der Waals surface area contributed by atoms with Crippen molar-refractivity contribution in [3.05, 3.63) is 11.5 Å². The van der Waals surface area contributed by atoms with Crippen molar-refractivity contribution in [3.63, 3.8) is 0 Å². The van der Waals surface area contributed by atoms with E-state index in [1.807, 2.05) is 0 Å². The Labute approximate surface area is 171 Å². The topological polar surface area (TPSA) is 121 Å². The van der Waals surface area contributed by atoms with E-state index in [4.69, 9.17) is 4.52 Å². The number of rotatable bonds is 5. The van der Waals surface area contributed by atoms with Crippen molar-refractivity contribution in [2.24, 2.45) is 5.92 Å². The van der Waals surface area contributed by atoms with E-state index in [0.29, 0.717) is 64.2 Å². The van der Waals surface area contributed by atoms with Crippen LogP contribution in [0.2, 0.25) is 0 Å². The maximum atomic E-state index is 12.9. The molecule has 0 bridgehead atoms. The highest BCUT2D eigenvalue weighted by Gasteiger charge is 2.35. The molecule has 2 aliphatic rings. The first kappa shape index (κ1) is 22.2. The maximum absolute atomic E-state index is 12.9. The fraction of sp³-hybridized carbons (Fsp3) is 0.765. The van der Waals surface area contributed by atoms with Crippen molar-refractivity contribution in [2.45, 2.75) is 38.0 Å². The Hall–Kier alpha value is -1.50. The van der Waals surface area contributed by atoms with Gasteiger partial charge in [-0.2, -0.15) is 8.61 Å². The first-order chi connectivity index (χ1) is 13.5. The largest absolute Gasteiger partial charge is 0.360 e. The van der Waals surface area contributed by atoms with Crippen LogP contribution in [0, 0.1) is 19.8 Å². The number of nitrogens with zero attached hydrogens (tertiary/aromatic N) is 4. The van der Waals surface area contributed by atoms with Gasteiger partial charge in [0.05, 0.1) is 6.26 Å². The predicted octanol–water partition coefficient (Wildman–Crippen LogP) is 0.186. The standard InChI is InChI=1S/C17H28N4O6S2/c1-13-17(14(2)27-18-13)29(25,26)21-6-4-15(5-7-21)12-16(22)19-8-10-20(11-9-19)28(3,23)24/h15H,4-12H2,1-3H3. The van der Waals surface area contributed by atoms with Gasteiger partial charge >= 0.3 is 0 Å². The molecule has 29 heavy (non-hydrogen) atoms. The Morgan fingerprint density at radius 2 is 1.59 bits per heavy atom. The first-order valence-corrected chi connectivity index (χ1v) is 12.9. The van der Waals surface area contributed by atoms with Gasteiger partial charge in [0.2, 0.25) is 26.0 Å². The van der Waals surface area contributed by atoms with Crippen molar-refractivity contribution in [2.75, 3.05) is 45.5 Å². The third kappa shape index (κ3) is 4.81. The van der Waals surface area contributed by atoms with Gasteiger partial charge in [-0.1, -0.05) is 5.16 Å². The van der Waals surface area contributed by atoms with Gasteiger partial charge in [-0.3, -0.25) is 4.79 Å². The Morgan fingerprint density at radius 3 is 2.07 bits per heavy atom. The maximum Gasteiger partial charge on any atom is 0.248 e. The minimum atomic E-state index is -3.65. The SMILES string of the molecule is Cc1noc(C)c1S(=O)(=O)N1CCC(CC(=O)N2CCN(S(C)(=O)=O)CC2)CC1. The van der Waals surface area contributed by atoms with E-state index >= 15 is 0 Å². The lowest BCUT2D eigenvalue weighted by Gasteiger charge is -2.35. The van der Waals surface area contributed by atoms with Gasteiger partial charge in [0, 0.05) is 45.7 Å². The number of amides is 1. The summed E-state index contributed by atoms with van der Waals surface area (Å²) in [5, 5.41) is 3.73. The molecular formula is C17H28N4O6S2. The number of sulfonamides is 2. The third-order valence-electron chi connectivity index (χ3n) is 5.66. The summed E-state index contributed by atoms with van der Waals surface area (Å²) in [7, 11) is -6.88. The highest BCUT2D eigenvalue weighted by molar-refractivity contribution is 7.89. The van der Waals surface area contributed by atoms with Gasteiger partial charge in [0.1, 0.15) is 10.6 Å². The molecule has 12 heteroatoms. The number of aromatic nitrogens is 1. The second kappa shape index (κ2) is 8.32. The Balaban J connectivity index is 1.52. The van der Waals surface area contributed by atoms with Crippen molar-refractivity contribution >= 4 is 26.0 Å². The summed E-state index contributed by atoms with van der Waals surface area (Å²) in [5.74, 6) is 0.407. The molecule has 2 aliphatic heterocycles. The van der Waals surface area contributed by atoms with Crippen LogP contribution in [0.1, 0.15) is 30.7 Å². The molecule has 0 unspecified atom stereocenters. The van der Waals surface area contributed by atoms with Crippen molar-refractivity contribution in [1.82, 2.24) is 18.7 Å². The number of aryl methyl sites for hydroxylation is 2. The normalized spacial score (nSPS) is 20.9. The Kier molecular flexibility index (Phi) is 6.37. The van der Waals surface area contributed by atoms with E-state index in [1.165, 1.54) is 14.9 Å². The Morgan fingerprint density at radius 1 is 1.00 bits per heavy atom. The zero-order valence-electron chi connectivity index (χ0n) is 17.0. The lowest BCUT2D eigenvalue weighted by atomic mass is 9.94. The van der Waals surface area contributed by atoms with Crippen LogP contribution in [0.5, 0.6) is 0 Å². The van der Waals surface area contributed by atoms with Crippen molar-refractivity contribution < 1.29 is 26.2 Å². The molecule has 2 saturated heterocycles. The van der Waals surface area contributed by atoms with Crippen molar-refractivity contribution in [1.29, 1.82) is 0 Å². The third-order valence-corrected chi connectivity index (χ3v) is 9.11. The zero-order valence-corrected chi connectivity index (χ0v) is 18.6. The Bertz CT molecular complexity index is 937. The summed E-state index contributed by atoms with van der Waals surface area (Å²) in [6.07, 6.45) is 2.75. The number of carbonyl (C=O) groups excluding carboxylic acids is 1. The minimum Gasteiger partial charge on any atom is -0.360 e. The molecule has 0 aliphatic carbocycles. The summed E-state index contributed by atoms with van der Waals surface area (Å²) < 4.78 is 56.7. The molecule has 1 aromatic rings. The van der Waals surface area contributed by atoms with Crippen LogP contribution in [0.25, 0.3) is 0 Å². The van der Waals surface area contributed by atoms with Crippen LogP contribution in [-0.2, 0) is 24.8 Å². The molecule has 10 nitrogen and oxygen atoms in total. The number of piperazine rings is 1. The summed E-state index contributed by atoms with van der Waals surface area (Å²) in [4.78, 5) is 14.4. The van der Waals surface area contributed by atoms with Gasteiger partial charge in [-0.25, -0.2) is 16.8 Å². The molecule has 0 aromatic carbocycles. The van der Waals surface area contributed by atoms with Gasteiger partial charge in [-0.15, -0.1) is 0 Å². The highest BCUT2D eigenvalue weighted by Crippen LogP contribution is 2.29. The molecule has 0 atom stereocenters. The molecule has 1 aromatic heterocycles. The van der Waals surface area contributed by atoms with E-state index in [0.717, 1.165) is 0 Å². The van der Waals surface area contributed by atoms with Crippen molar-refractivity contribution in [3.8, 4) is 0 Å². The smallest absolute Gasteiger partial charge is 0.248 e. The molecule has 2 fully saturated rings. The minimum absolute atomic E-state index is 0.00480. The second-order valence-electron chi connectivity index (χ2n) is 7.75. The van der Waals surface area contributed by atoms with Gasteiger partial charge in [0.25, 0.3) is 0 Å². The average Bonchev–Trinajstić information content (AvgIpc) is 3.00. The van der Waals surface area contributed by atoms with E-state index < -0.39 is 20.0 Å². The summed E-state index contributed by atoms with van der Waals surface area (Å²) in [6, 6.07) is 0. The summed E-state index contributed by atoms with van der Waals surface area (Å²) in [5.41, 5.74) is 0.355. The lowest BCUT2D eigenvalue weighted by Crippen LogP contribution is -2.50. The number of carbonyl (C=O) groups is 1. The fourth-order valence-electron chi connectivity index (χ4n) is 3.97. The molecule has 0 saturated carbocycles. The molecule has 3 heterocycles. The van der Waals surface area contributed by atoms with E-state index in [-0.39, 0.29) is 22.5 Å². The van der Waals surface area contributed by atoms with Crippen LogP contribution in [-0.4, -0.2) is 86.9 Å². The molecule has 164 valence electrons. The van der Waals surface area contributed by atoms with Crippen LogP contribution in [0.3, 0.4) is 0 Å². The molecular weight excluding hydrogens is 420 g/mol. The summed E-state index contributed by atoms with van der Waals surface area (Å²) >= 11 is 0. The van der Waals surface area contributed by atoms with E-state index in [2.05, 4.69) is 5.16 Å². The molecule has 3 rings (SSSR count). The highest BCUT2D eigenvalue weighted by atomic mass is 32.2. The van der Waals surface area contributed by atoms with E-state index in [1.54, 1.807) is 18.7 Å². The van der Waals surface area contributed by atoms with Crippen LogP contribution in [0.4, 0.5) is 0 Å². The number of piperidine rings is 1. The monoisotopic (exact) mass is 448 g/mol. The lowest BCUT2D eigenvalue weighted by molar-refractivity contribution is -0.133. The number of hydrogen-bond donors (Lipinski definition) is 0. The number of hydrogen-bond acceptors (Lipinski definition) is 7. The second-order valence-corrected chi connectivity index (χ2v) is 11.6. The molecule has 0 radical (unpaired) electrons. The first-order valence-electron chi connectivity index (χ1n) is 9.66. The van der Waals surface area contributed by atoms with Crippen LogP contribution < -0.4 is 0 Å². The summed E-state index contributed by atoms with van der Waals surface area (Å²) in [6.45, 7) is 5.33. The fourth-order valence-corrected chi connectivity index (χ4v) is 6.56. The van der Waals surface area contributed by atoms with Gasteiger partial charge in [0.15, 0.2) is 5.76 Å². The zero-order chi connectivity index (χ0) is 21.4. The molecule has 0 spiro atoms. The molecule has 1 amide bonds. The predicted molar refractivity (Wildman–Crippen MR) is 105 cm³/mol. The van der Waals surface area contributed by atoms with Gasteiger partial charge < -0.3 is 9.42 Å².